The molecule has 3 aromatic carbocycles. The summed E-state index contributed by atoms with van der Waals surface area (Å²) in [5.41, 5.74) is 3.81. The fourth-order valence-corrected chi connectivity index (χ4v) is 4.38. The maximum Gasteiger partial charge on any atom is 0.255 e. The van der Waals surface area contributed by atoms with Gasteiger partial charge in [-0.05, 0) is 74.4 Å². The Balaban J connectivity index is 1.98. The Hall–Kier alpha value is -3.39. The lowest BCUT2D eigenvalue weighted by Gasteiger charge is -2.24. The largest absolute Gasteiger partial charge is 0.494 e. The number of rotatable bonds is 8. The third-order valence-corrected chi connectivity index (χ3v) is 6.31. The minimum Gasteiger partial charge on any atom is -0.494 e. The summed E-state index contributed by atoms with van der Waals surface area (Å²) in [6.45, 7) is 5.94. The number of halogens is 1. The molecule has 0 unspecified atom stereocenters. The number of hydrogen-bond donors (Lipinski definition) is 1. The van der Waals surface area contributed by atoms with E-state index in [4.69, 9.17) is 4.74 Å². The molecule has 0 aliphatic carbocycles. The molecule has 0 bridgehead atoms. The Labute approximate surface area is 194 Å². The van der Waals surface area contributed by atoms with Gasteiger partial charge in [0.15, 0.2) is 0 Å². The number of carbonyl (C=O) groups is 1. The molecule has 174 valence electrons. The van der Waals surface area contributed by atoms with E-state index in [2.05, 4.69) is 5.32 Å². The van der Waals surface area contributed by atoms with Crippen LogP contribution in [-0.4, -0.2) is 27.2 Å². The lowest BCUT2D eigenvalue weighted by atomic mass is 10.1. The van der Waals surface area contributed by atoms with Crippen LogP contribution >= 0.6 is 0 Å². The van der Waals surface area contributed by atoms with Crippen molar-refractivity contribution in [2.45, 2.75) is 27.3 Å². The molecule has 0 radical (unpaired) electrons. The highest BCUT2D eigenvalue weighted by Crippen LogP contribution is 2.28. The van der Waals surface area contributed by atoms with E-state index >= 15 is 0 Å². The molecule has 1 N–H and O–H groups in total. The van der Waals surface area contributed by atoms with Crippen LogP contribution in [-0.2, 0) is 16.6 Å². The van der Waals surface area contributed by atoms with Gasteiger partial charge in [-0.3, -0.25) is 9.10 Å². The zero-order chi connectivity index (χ0) is 24.2. The number of sulfonamides is 1. The van der Waals surface area contributed by atoms with Crippen LogP contribution in [0.25, 0.3) is 0 Å². The van der Waals surface area contributed by atoms with Gasteiger partial charge < -0.3 is 10.1 Å². The second-order valence-corrected chi connectivity index (χ2v) is 9.63. The third-order valence-electron chi connectivity index (χ3n) is 5.17. The van der Waals surface area contributed by atoms with Gasteiger partial charge in [0.05, 0.1) is 25.1 Å². The molecule has 0 aliphatic heterocycles. The number of nitrogens with one attached hydrogen (secondary N) is 1. The summed E-state index contributed by atoms with van der Waals surface area (Å²) in [7, 11) is -3.70. The summed E-state index contributed by atoms with van der Waals surface area (Å²) in [6.07, 6.45) is 1.08. The first-order chi connectivity index (χ1) is 15.6. The van der Waals surface area contributed by atoms with Crippen LogP contribution in [0.3, 0.4) is 0 Å². The molecule has 0 atom stereocenters. The Kier molecular flexibility index (Phi) is 7.38. The number of aryl methyl sites for hydroxylation is 2. The summed E-state index contributed by atoms with van der Waals surface area (Å²) in [5.74, 6) is -0.311. The number of benzene rings is 3. The van der Waals surface area contributed by atoms with Crippen LogP contribution in [0.5, 0.6) is 5.75 Å². The van der Waals surface area contributed by atoms with Crippen LogP contribution in [0.2, 0.25) is 0 Å². The molecule has 0 fully saturated rings. The highest BCUT2D eigenvalue weighted by Gasteiger charge is 2.21. The Morgan fingerprint density at radius 2 is 1.67 bits per heavy atom. The fourth-order valence-electron chi connectivity index (χ4n) is 3.50. The number of carbonyl (C=O) groups excluding carboxylic acids is 1. The van der Waals surface area contributed by atoms with Crippen molar-refractivity contribution in [2.75, 3.05) is 22.5 Å². The van der Waals surface area contributed by atoms with Gasteiger partial charge in [0, 0.05) is 16.8 Å². The number of ether oxygens (including phenoxy) is 1. The lowest BCUT2D eigenvalue weighted by Crippen LogP contribution is -2.29. The van der Waals surface area contributed by atoms with Gasteiger partial charge in [0.2, 0.25) is 10.0 Å². The zero-order valence-corrected chi connectivity index (χ0v) is 19.9. The predicted molar refractivity (Wildman–Crippen MR) is 129 cm³/mol. The van der Waals surface area contributed by atoms with Gasteiger partial charge in [-0.2, -0.15) is 0 Å². The molecule has 1 amide bonds. The van der Waals surface area contributed by atoms with Gasteiger partial charge in [-0.1, -0.05) is 18.2 Å². The van der Waals surface area contributed by atoms with E-state index in [0.717, 1.165) is 27.4 Å². The zero-order valence-electron chi connectivity index (χ0n) is 19.1. The van der Waals surface area contributed by atoms with Crippen molar-refractivity contribution in [3.05, 3.63) is 88.7 Å². The van der Waals surface area contributed by atoms with E-state index in [1.54, 1.807) is 18.2 Å². The summed E-state index contributed by atoms with van der Waals surface area (Å²) in [6, 6.07) is 15.9. The lowest BCUT2D eigenvalue weighted by molar-refractivity contribution is 0.102. The van der Waals surface area contributed by atoms with Gasteiger partial charge in [0.25, 0.3) is 5.91 Å². The molecule has 3 aromatic rings. The average molecular weight is 471 g/mol. The second kappa shape index (κ2) is 10.0. The number of amides is 1. The van der Waals surface area contributed by atoms with Crippen LogP contribution in [0.15, 0.2) is 60.7 Å². The average Bonchev–Trinajstić information content (AvgIpc) is 2.75. The van der Waals surface area contributed by atoms with Crippen molar-refractivity contribution >= 4 is 27.3 Å². The first-order valence-corrected chi connectivity index (χ1v) is 12.3. The summed E-state index contributed by atoms with van der Waals surface area (Å²) < 4.78 is 45.3. The van der Waals surface area contributed by atoms with E-state index in [1.165, 1.54) is 24.3 Å². The molecule has 0 saturated carbocycles. The molecule has 0 saturated heterocycles. The summed E-state index contributed by atoms with van der Waals surface area (Å²) >= 11 is 0. The van der Waals surface area contributed by atoms with Crippen molar-refractivity contribution in [3.8, 4) is 5.75 Å². The third kappa shape index (κ3) is 5.90. The topological polar surface area (TPSA) is 75.7 Å². The number of anilines is 2. The van der Waals surface area contributed by atoms with Gasteiger partial charge in [0.1, 0.15) is 11.6 Å². The molecular formula is C25H27FN2O4S. The number of para-hydroxylation sites is 1. The molecule has 0 heterocycles. The van der Waals surface area contributed by atoms with Crippen LogP contribution in [0, 0.1) is 19.7 Å². The van der Waals surface area contributed by atoms with Crippen LogP contribution in [0.1, 0.15) is 34.0 Å². The monoisotopic (exact) mass is 470 g/mol. The van der Waals surface area contributed by atoms with Crippen LogP contribution in [0.4, 0.5) is 15.8 Å². The quantitative estimate of drug-likeness (QED) is 0.499. The van der Waals surface area contributed by atoms with E-state index in [-0.39, 0.29) is 12.5 Å². The molecule has 0 aliphatic rings. The van der Waals surface area contributed by atoms with Crippen LogP contribution < -0.4 is 14.4 Å². The van der Waals surface area contributed by atoms with Crippen molar-refractivity contribution < 1.29 is 22.3 Å². The molecule has 3 rings (SSSR count). The first-order valence-electron chi connectivity index (χ1n) is 10.5. The molecular weight excluding hydrogens is 443 g/mol. The minimum atomic E-state index is -3.70. The Bertz CT molecular complexity index is 1240. The predicted octanol–water partition coefficient (Wildman–Crippen LogP) is 5.06. The number of nitrogens with zero attached hydrogens (tertiary/aromatic N) is 1. The van der Waals surface area contributed by atoms with E-state index in [0.29, 0.717) is 29.2 Å². The molecule has 0 aromatic heterocycles. The Morgan fingerprint density at radius 3 is 2.24 bits per heavy atom. The molecule has 6 nitrogen and oxygen atoms in total. The maximum absolute atomic E-state index is 13.4. The normalized spacial score (nSPS) is 11.2. The van der Waals surface area contributed by atoms with Crippen molar-refractivity contribution in [1.29, 1.82) is 0 Å². The van der Waals surface area contributed by atoms with Crippen molar-refractivity contribution in [3.63, 3.8) is 0 Å². The second-order valence-electron chi connectivity index (χ2n) is 7.72. The van der Waals surface area contributed by atoms with E-state index in [1.807, 2.05) is 39.0 Å². The standard InChI is InChI=1S/C25H27FN2O4S/c1-5-32-23-14-9-19(25(29)27-24-17(2)7-6-8-18(24)3)15-20(23)16-28(33(4,30)31)22-12-10-21(26)11-13-22/h6-15H,5,16H2,1-4H3,(H,27,29). The SMILES string of the molecule is CCOc1ccc(C(=O)Nc2c(C)cccc2C)cc1CN(c1ccc(F)cc1)S(C)(=O)=O. The van der Waals surface area contributed by atoms with Gasteiger partial charge in [-0.15, -0.1) is 0 Å². The maximum atomic E-state index is 13.4. The molecule has 33 heavy (non-hydrogen) atoms. The smallest absolute Gasteiger partial charge is 0.255 e. The highest BCUT2D eigenvalue weighted by molar-refractivity contribution is 7.92. The van der Waals surface area contributed by atoms with Crippen molar-refractivity contribution in [1.82, 2.24) is 0 Å². The van der Waals surface area contributed by atoms with Crippen molar-refractivity contribution in [2.24, 2.45) is 0 Å². The molecule has 8 heteroatoms. The minimum absolute atomic E-state index is 0.0791. The highest BCUT2D eigenvalue weighted by atomic mass is 32.2. The van der Waals surface area contributed by atoms with E-state index < -0.39 is 15.8 Å². The Morgan fingerprint density at radius 1 is 1.03 bits per heavy atom. The van der Waals surface area contributed by atoms with Gasteiger partial charge >= 0.3 is 0 Å². The summed E-state index contributed by atoms with van der Waals surface area (Å²) in [5, 5.41) is 2.94. The van der Waals surface area contributed by atoms with E-state index in [9.17, 15) is 17.6 Å². The first kappa shape index (κ1) is 24.3. The molecule has 0 spiro atoms. The number of hydrogen-bond acceptors (Lipinski definition) is 4. The fraction of sp³-hybridized carbons (Fsp3) is 0.240. The van der Waals surface area contributed by atoms with Gasteiger partial charge in [-0.25, -0.2) is 12.8 Å². The summed E-state index contributed by atoms with van der Waals surface area (Å²) in [4.78, 5) is 13.0.